The Kier molecular flexibility index (Phi) is 10.6. The maximum Gasteiger partial charge on any atom is 0.0220 e. The van der Waals surface area contributed by atoms with Crippen LogP contribution in [0.4, 0.5) is 0 Å². The molecule has 0 aromatic carbocycles. The van der Waals surface area contributed by atoms with E-state index in [0.717, 1.165) is 24.4 Å². The molecule has 0 spiro atoms. The Hall–Kier alpha value is -0.0800. The zero-order valence-electron chi connectivity index (χ0n) is 14.5. The van der Waals surface area contributed by atoms with Crippen molar-refractivity contribution in [2.45, 2.75) is 79.8 Å². The fourth-order valence-electron chi connectivity index (χ4n) is 2.89. The molecule has 0 saturated heterocycles. The predicted octanol–water partition coefficient (Wildman–Crippen LogP) is 4.16. The number of nitrogens with one attached hydrogen (secondary N) is 1. The van der Waals surface area contributed by atoms with Crippen LogP contribution in [-0.4, -0.2) is 36.6 Å². The van der Waals surface area contributed by atoms with Gasteiger partial charge in [-0.05, 0) is 31.2 Å². The van der Waals surface area contributed by atoms with Crippen molar-refractivity contribution in [3.8, 4) is 0 Å². The molecule has 0 amide bonds. The van der Waals surface area contributed by atoms with Crippen LogP contribution in [0, 0.1) is 11.8 Å². The quantitative estimate of drug-likeness (QED) is 0.606. The Morgan fingerprint density at radius 1 is 0.842 bits per heavy atom. The molecule has 0 heterocycles. The molecule has 0 aromatic heterocycles. The Morgan fingerprint density at radius 3 is 1.79 bits per heavy atom. The summed E-state index contributed by atoms with van der Waals surface area (Å²) in [6.45, 7) is 19.7. The monoisotopic (exact) mass is 270 g/mol. The summed E-state index contributed by atoms with van der Waals surface area (Å²) in [5, 5.41) is 3.70. The lowest BCUT2D eigenvalue weighted by Crippen LogP contribution is -2.49. The minimum absolute atomic E-state index is 0.634. The van der Waals surface area contributed by atoms with Gasteiger partial charge in [-0.3, -0.25) is 4.90 Å². The summed E-state index contributed by atoms with van der Waals surface area (Å²) in [6.07, 6.45) is 3.79. The van der Waals surface area contributed by atoms with Gasteiger partial charge in [-0.15, -0.1) is 0 Å². The van der Waals surface area contributed by atoms with Crippen molar-refractivity contribution in [3.63, 3.8) is 0 Å². The first-order valence-electron chi connectivity index (χ1n) is 8.47. The van der Waals surface area contributed by atoms with Crippen molar-refractivity contribution in [1.82, 2.24) is 10.2 Å². The summed E-state index contributed by atoms with van der Waals surface area (Å²) in [4.78, 5) is 2.73. The highest BCUT2D eigenvalue weighted by atomic mass is 15.2. The highest BCUT2D eigenvalue weighted by Gasteiger charge is 2.23. The van der Waals surface area contributed by atoms with Crippen LogP contribution < -0.4 is 5.32 Å². The molecule has 0 aliphatic rings. The molecule has 2 nitrogen and oxygen atoms in total. The molecule has 2 atom stereocenters. The van der Waals surface area contributed by atoms with Gasteiger partial charge < -0.3 is 5.32 Å². The molecule has 0 rings (SSSR count). The predicted molar refractivity (Wildman–Crippen MR) is 87.7 cm³/mol. The molecule has 0 aliphatic heterocycles. The summed E-state index contributed by atoms with van der Waals surface area (Å²) in [5.41, 5.74) is 0. The Bertz CT molecular complexity index is 199. The van der Waals surface area contributed by atoms with Crippen molar-refractivity contribution in [2.24, 2.45) is 11.8 Å². The van der Waals surface area contributed by atoms with E-state index in [1.165, 1.54) is 32.4 Å². The standard InChI is InChI=1S/C17H38N2/c1-8-15(7)17(18-11-4)13-19(12-14(5)6)16(9-2)10-3/h14-18H,8-13H2,1-7H3. The molecule has 0 aromatic rings. The van der Waals surface area contributed by atoms with Crippen LogP contribution in [0.25, 0.3) is 0 Å². The van der Waals surface area contributed by atoms with Gasteiger partial charge in [0, 0.05) is 25.2 Å². The Balaban J connectivity index is 4.72. The molecule has 116 valence electrons. The van der Waals surface area contributed by atoms with E-state index in [2.05, 4.69) is 58.7 Å². The maximum atomic E-state index is 3.70. The number of likely N-dealkylation sites (N-methyl/N-ethyl adjacent to an activating group) is 1. The number of hydrogen-bond donors (Lipinski definition) is 1. The van der Waals surface area contributed by atoms with Crippen LogP contribution in [0.1, 0.15) is 67.7 Å². The summed E-state index contributed by atoms with van der Waals surface area (Å²) >= 11 is 0. The van der Waals surface area contributed by atoms with E-state index in [1.54, 1.807) is 0 Å². The second-order valence-electron chi connectivity index (χ2n) is 6.37. The van der Waals surface area contributed by atoms with E-state index in [1.807, 2.05) is 0 Å². The fourth-order valence-corrected chi connectivity index (χ4v) is 2.89. The van der Waals surface area contributed by atoms with Crippen LogP contribution in [0.15, 0.2) is 0 Å². The van der Waals surface area contributed by atoms with Crippen molar-refractivity contribution in [1.29, 1.82) is 0 Å². The largest absolute Gasteiger partial charge is 0.313 e. The van der Waals surface area contributed by atoms with Gasteiger partial charge in [0.05, 0.1) is 0 Å². The normalized spacial score (nSPS) is 15.5. The first-order chi connectivity index (χ1) is 8.99. The lowest BCUT2D eigenvalue weighted by molar-refractivity contribution is 0.134. The van der Waals surface area contributed by atoms with E-state index >= 15 is 0 Å². The maximum absolute atomic E-state index is 3.70. The van der Waals surface area contributed by atoms with Gasteiger partial charge in [-0.2, -0.15) is 0 Å². The van der Waals surface area contributed by atoms with Gasteiger partial charge in [0.15, 0.2) is 0 Å². The van der Waals surface area contributed by atoms with Crippen LogP contribution in [-0.2, 0) is 0 Å². The van der Waals surface area contributed by atoms with Gasteiger partial charge in [0.1, 0.15) is 0 Å². The first-order valence-corrected chi connectivity index (χ1v) is 8.47. The van der Waals surface area contributed by atoms with Crippen LogP contribution >= 0.6 is 0 Å². The molecule has 1 N–H and O–H groups in total. The van der Waals surface area contributed by atoms with E-state index in [4.69, 9.17) is 0 Å². The molecule has 0 bridgehead atoms. The minimum Gasteiger partial charge on any atom is -0.313 e. The lowest BCUT2D eigenvalue weighted by atomic mass is 9.96. The first kappa shape index (κ1) is 18.9. The lowest BCUT2D eigenvalue weighted by Gasteiger charge is -2.37. The average Bonchev–Trinajstić information content (AvgIpc) is 2.37. The van der Waals surface area contributed by atoms with Gasteiger partial charge in [0.2, 0.25) is 0 Å². The van der Waals surface area contributed by atoms with Crippen molar-refractivity contribution < 1.29 is 0 Å². The van der Waals surface area contributed by atoms with E-state index in [9.17, 15) is 0 Å². The highest BCUT2D eigenvalue weighted by Crippen LogP contribution is 2.16. The van der Waals surface area contributed by atoms with Gasteiger partial charge >= 0.3 is 0 Å². The Morgan fingerprint density at radius 2 is 1.42 bits per heavy atom. The Labute approximate surface area is 122 Å². The van der Waals surface area contributed by atoms with Crippen LogP contribution in [0.3, 0.4) is 0 Å². The molecule has 19 heavy (non-hydrogen) atoms. The third-order valence-electron chi connectivity index (χ3n) is 4.29. The molecule has 0 aliphatic carbocycles. The summed E-state index contributed by atoms with van der Waals surface area (Å²) in [6, 6.07) is 1.38. The molecular weight excluding hydrogens is 232 g/mol. The zero-order chi connectivity index (χ0) is 14.8. The van der Waals surface area contributed by atoms with Crippen LogP contribution in [0.2, 0.25) is 0 Å². The molecular formula is C17H38N2. The van der Waals surface area contributed by atoms with E-state index < -0.39 is 0 Å². The average molecular weight is 271 g/mol. The van der Waals surface area contributed by atoms with Gasteiger partial charge in [-0.25, -0.2) is 0 Å². The zero-order valence-corrected chi connectivity index (χ0v) is 14.5. The summed E-state index contributed by atoms with van der Waals surface area (Å²) in [7, 11) is 0. The number of rotatable bonds is 11. The number of nitrogens with zero attached hydrogens (tertiary/aromatic N) is 1. The second kappa shape index (κ2) is 10.7. The second-order valence-corrected chi connectivity index (χ2v) is 6.37. The highest BCUT2D eigenvalue weighted by molar-refractivity contribution is 4.80. The summed E-state index contributed by atoms with van der Waals surface area (Å²) in [5.74, 6) is 1.50. The van der Waals surface area contributed by atoms with Crippen molar-refractivity contribution >= 4 is 0 Å². The molecule has 0 saturated carbocycles. The van der Waals surface area contributed by atoms with Crippen molar-refractivity contribution in [3.05, 3.63) is 0 Å². The SMILES string of the molecule is CCNC(CN(CC(C)C)C(CC)CC)C(C)CC. The molecule has 0 fully saturated rings. The number of hydrogen-bond acceptors (Lipinski definition) is 2. The van der Waals surface area contributed by atoms with Gasteiger partial charge in [-0.1, -0.05) is 54.9 Å². The van der Waals surface area contributed by atoms with Crippen LogP contribution in [0.5, 0.6) is 0 Å². The fraction of sp³-hybridized carbons (Fsp3) is 1.00. The van der Waals surface area contributed by atoms with Gasteiger partial charge in [0.25, 0.3) is 0 Å². The molecule has 2 heteroatoms. The topological polar surface area (TPSA) is 15.3 Å². The smallest absolute Gasteiger partial charge is 0.0220 e. The molecule has 2 unspecified atom stereocenters. The summed E-state index contributed by atoms with van der Waals surface area (Å²) < 4.78 is 0. The third kappa shape index (κ3) is 7.31. The van der Waals surface area contributed by atoms with E-state index in [0.29, 0.717) is 6.04 Å². The third-order valence-corrected chi connectivity index (χ3v) is 4.29. The molecule has 0 radical (unpaired) electrons. The van der Waals surface area contributed by atoms with Crippen molar-refractivity contribution in [2.75, 3.05) is 19.6 Å². The minimum atomic E-state index is 0.634. The van der Waals surface area contributed by atoms with E-state index in [-0.39, 0.29) is 0 Å².